The van der Waals surface area contributed by atoms with Crippen LogP contribution >= 0.6 is 0 Å². The summed E-state index contributed by atoms with van der Waals surface area (Å²) < 4.78 is 16.1. The first-order valence-corrected chi connectivity index (χ1v) is 10.2. The smallest absolute Gasteiger partial charge is 0.276 e. The Morgan fingerprint density at radius 2 is 1.42 bits per heavy atom. The number of nitrogens with one attached hydrogen (secondary N) is 2. The summed E-state index contributed by atoms with van der Waals surface area (Å²) in [5.41, 5.74) is 7.15. The molecule has 168 valence electrons. The number of para-hydroxylation sites is 2. The van der Waals surface area contributed by atoms with E-state index in [1.54, 1.807) is 42.5 Å². The third kappa shape index (κ3) is 7.01. The maximum atomic E-state index is 11.9. The zero-order valence-electron chi connectivity index (χ0n) is 18.0. The van der Waals surface area contributed by atoms with Crippen LogP contribution in [0, 0.1) is 11.3 Å². The molecule has 0 aromatic heterocycles. The molecule has 0 aliphatic carbocycles. The molecule has 3 aromatic rings. The number of amides is 2. The Labute approximate surface area is 191 Å². The minimum atomic E-state index is -0.495. The third-order valence-corrected chi connectivity index (χ3v) is 4.57. The molecule has 33 heavy (non-hydrogen) atoms. The molecule has 0 spiro atoms. The summed E-state index contributed by atoms with van der Waals surface area (Å²) >= 11 is 0. The van der Waals surface area contributed by atoms with Gasteiger partial charge in [-0.2, -0.15) is 5.26 Å². The van der Waals surface area contributed by atoms with Crippen molar-refractivity contribution in [2.24, 2.45) is 0 Å². The predicted molar refractivity (Wildman–Crippen MR) is 121 cm³/mol. The van der Waals surface area contributed by atoms with Gasteiger partial charge < -0.3 is 14.2 Å². The summed E-state index contributed by atoms with van der Waals surface area (Å²) in [6, 6.07) is 23.7. The van der Waals surface area contributed by atoms with Crippen molar-refractivity contribution in [1.29, 1.82) is 5.26 Å². The fourth-order valence-electron chi connectivity index (χ4n) is 2.86. The first kappa shape index (κ1) is 23.2. The lowest BCUT2D eigenvalue weighted by molar-refractivity contribution is -0.130. The van der Waals surface area contributed by atoms with Crippen LogP contribution in [-0.2, 0) is 9.59 Å². The van der Waals surface area contributed by atoms with Gasteiger partial charge in [-0.25, -0.2) is 0 Å². The third-order valence-electron chi connectivity index (χ3n) is 4.57. The minimum Gasteiger partial charge on any atom is -0.493 e. The number of rotatable bonds is 9. The molecule has 0 aliphatic rings. The first-order chi connectivity index (χ1) is 16.1. The summed E-state index contributed by atoms with van der Waals surface area (Å²) in [5, 5.41) is 8.87. The van der Waals surface area contributed by atoms with Gasteiger partial charge in [0.1, 0.15) is 5.75 Å². The number of nitrogens with zero attached hydrogens (tertiary/aromatic N) is 1. The van der Waals surface area contributed by atoms with Gasteiger partial charge >= 0.3 is 0 Å². The molecule has 3 rings (SSSR count). The molecule has 0 fully saturated rings. The van der Waals surface area contributed by atoms with E-state index in [1.165, 1.54) is 7.11 Å². The maximum Gasteiger partial charge on any atom is 0.276 e. The largest absolute Gasteiger partial charge is 0.493 e. The zero-order valence-corrected chi connectivity index (χ0v) is 18.0. The van der Waals surface area contributed by atoms with Crippen molar-refractivity contribution in [2.45, 2.75) is 6.42 Å². The van der Waals surface area contributed by atoms with E-state index in [0.29, 0.717) is 22.8 Å². The normalized spacial score (nSPS) is 9.94. The van der Waals surface area contributed by atoms with Gasteiger partial charge in [0, 0.05) is 0 Å². The second-order valence-corrected chi connectivity index (χ2v) is 6.85. The number of carbonyl (C=O) groups is 2. The highest BCUT2D eigenvalue weighted by molar-refractivity contribution is 5.82. The van der Waals surface area contributed by atoms with E-state index in [2.05, 4.69) is 16.9 Å². The van der Waals surface area contributed by atoms with Crippen LogP contribution in [0.25, 0.3) is 11.1 Å². The van der Waals surface area contributed by atoms with Gasteiger partial charge in [0.25, 0.3) is 5.91 Å². The summed E-state index contributed by atoms with van der Waals surface area (Å²) in [6.07, 6.45) is 0.0516. The Balaban J connectivity index is 1.36. The van der Waals surface area contributed by atoms with Gasteiger partial charge in [-0.1, -0.05) is 36.4 Å². The van der Waals surface area contributed by atoms with Crippen LogP contribution in [-0.4, -0.2) is 32.1 Å². The Morgan fingerprint density at radius 1 is 0.818 bits per heavy atom. The van der Waals surface area contributed by atoms with Crippen LogP contribution in [0.2, 0.25) is 0 Å². The van der Waals surface area contributed by atoms with E-state index in [9.17, 15) is 9.59 Å². The molecule has 0 unspecified atom stereocenters. The molecule has 2 N–H and O–H groups in total. The van der Waals surface area contributed by atoms with Crippen molar-refractivity contribution in [2.75, 3.05) is 20.3 Å². The van der Waals surface area contributed by atoms with Crippen LogP contribution in [0.5, 0.6) is 17.2 Å². The maximum absolute atomic E-state index is 11.9. The molecule has 0 heterocycles. The number of hydrogen-bond donors (Lipinski definition) is 2. The number of ether oxygens (including phenoxy) is 3. The lowest BCUT2D eigenvalue weighted by Gasteiger charge is -2.11. The molecule has 3 aromatic carbocycles. The number of nitriles is 1. The minimum absolute atomic E-state index is 0.0516. The highest BCUT2D eigenvalue weighted by Gasteiger charge is 2.08. The van der Waals surface area contributed by atoms with E-state index in [-0.39, 0.29) is 19.6 Å². The average Bonchev–Trinajstić information content (AvgIpc) is 2.87. The molecule has 8 nitrogen and oxygen atoms in total. The molecule has 0 aliphatic heterocycles. The number of carbonyl (C=O) groups excluding carboxylic acids is 2. The van der Waals surface area contributed by atoms with Crippen LogP contribution in [0.3, 0.4) is 0 Å². The molecular weight excluding hydrogens is 422 g/mol. The molecule has 0 bridgehead atoms. The van der Waals surface area contributed by atoms with Crippen LogP contribution in [0.4, 0.5) is 0 Å². The molecule has 0 saturated heterocycles. The summed E-state index contributed by atoms with van der Waals surface area (Å²) in [6.45, 7) is -0.127. The number of hydrazine groups is 1. The van der Waals surface area contributed by atoms with E-state index >= 15 is 0 Å². The van der Waals surface area contributed by atoms with Gasteiger partial charge in [-0.05, 0) is 47.5 Å². The Hall–Kier alpha value is -4.51. The van der Waals surface area contributed by atoms with Crippen molar-refractivity contribution in [1.82, 2.24) is 10.9 Å². The van der Waals surface area contributed by atoms with Gasteiger partial charge in [-0.3, -0.25) is 20.4 Å². The number of methoxy groups -OCH3 is 1. The van der Waals surface area contributed by atoms with Crippen molar-refractivity contribution < 1.29 is 23.8 Å². The van der Waals surface area contributed by atoms with Gasteiger partial charge in [-0.15, -0.1) is 0 Å². The lowest BCUT2D eigenvalue weighted by atomic mass is 10.0. The fourth-order valence-corrected chi connectivity index (χ4v) is 2.86. The number of benzene rings is 3. The van der Waals surface area contributed by atoms with Gasteiger partial charge in [0.2, 0.25) is 5.91 Å². The number of hydrogen-bond acceptors (Lipinski definition) is 6. The van der Waals surface area contributed by atoms with Crippen molar-refractivity contribution >= 4 is 11.8 Å². The Morgan fingerprint density at radius 3 is 2.06 bits per heavy atom. The van der Waals surface area contributed by atoms with Gasteiger partial charge in [0.15, 0.2) is 18.1 Å². The van der Waals surface area contributed by atoms with Gasteiger partial charge in [0.05, 0.1) is 31.8 Å². The van der Waals surface area contributed by atoms with E-state index in [4.69, 9.17) is 19.5 Å². The van der Waals surface area contributed by atoms with E-state index < -0.39 is 11.8 Å². The standard InChI is InChI=1S/C25H23N3O5/c1-31-22-4-2-3-5-23(22)32-15-14-24(29)27-28-25(30)17-33-21-12-10-20(11-13-21)19-8-6-18(16-26)7-9-19/h2-13H,14-15,17H2,1H3,(H,27,29)(H,28,30). The summed E-state index contributed by atoms with van der Waals surface area (Å²) in [7, 11) is 1.54. The fraction of sp³-hybridized carbons (Fsp3) is 0.160. The molecule has 0 atom stereocenters. The zero-order chi connectivity index (χ0) is 23.5. The average molecular weight is 445 g/mol. The highest BCUT2D eigenvalue weighted by atomic mass is 16.5. The van der Waals surface area contributed by atoms with Crippen LogP contribution < -0.4 is 25.1 Å². The van der Waals surface area contributed by atoms with Crippen LogP contribution in [0.15, 0.2) is 72.8 Å². The summed E-state index contributed by atoms with van der Waals surface area (Å²) in [5.74, 6) is 0.734. The molecule has 0 saturated carbocycles. The molecule has 2 amide bonds. The van der Waals surface area contributed by atoms with E-state index in [0.717, 1.165) is 11.1 Å². The van der Waals surface area contributed by atoms with E-state index in [1.807, 2.05) is 30.3 Å². The van der Waals surface area contributed by atoms with Crippen molar-refractivity contribution in [3.63, 3.8) is 0 Å². The predicted octanol–water partition coefficient (Wildman–Crippen LogP) is 3.23. The monoisotopic (exact) mass is 445 g/mol. The van der Waals surface area contributed by atoms with Crippen molar-refractivity contribution in [3.8, 4) is 34.4 Å². The molecule has 8 heteroatoms. The first-order valence-electron chi connectivity index (χ1n) is 10.2. The second-order valence-electron chi connectivity index (χ2n) is 6.85. The quantitative estimate of drug-likeness (QED) is 0.490. The SMILES string of the molecule is COc1ccccc1OCCC(=O)NNC(=O)COc1ccc(-c2ccc(C#N)cc2)cc1. The van der Waals surface area contributed by atoms with Crippen LogP contribution in [0.1, 0.15) is 12.0 Å². The lowest BCUT2D eigenvalue weighted by Crippen LogP contribution is -2.44. The Kier molecular flexibility index (Phi) is 8.26. The second kappa shape index (κ2) is 11.8. The topological polar surface area (TPSA) is 110 Å². The molecule has 0 radical (unpaired) electrons. The Bertz CT molecular complexity index is 1120. The summed E-state index contributed by atoms with van der Waals surface area (Å²) in [4.78, 5) is 23.8. The highest BCUT2D eigenvalue weighted by Crippen LogP contribution is 2.25. The molecular formula is C25H23N3O5. The van der Waals surface area contributed by atoms with Crippen molar-refractivity contribution in [3.05, 3.63) is 78.4 Å².